The standard InChI is InChI=1S/C26H21N3O2.BrH/c27-26-28(16-18-8-2-1-3-9-18)22-12-6-7-13-23(22)29(26)17-25(31)21-14-15-24(30)20-11-5-4-10-19(20)21;/h1-15,27,30H,16-17H2;1H. The van der Waals surface area contributed by atoms with Crippen molar-refractivity contribution in [3.05, 3.63) is 108 Å². The summed E-state index contributed by atoms with van der Waals surface area (Å²) in [6.07, 6.45) is 0. The minimum atomic E-state index is -0.0997. The van der Waals surface area contributed by atoms with Gasteiger partial charge in [-0.25, -0.2) is 0 Å². The minimum Gasteiger partial charge on any atom is -0.507 e. The first kappa shape index (κ1) is 21.6. The number of benzene rings is 4. The molecule has 0 amide bonds. The number of hydrogen-bond donors (Lipinski definition) is 2. The third-order valence-corrected chi connectivity index (χ3v) is 5.66. The van der Waals surface area contributed by atoms with Crippen LogP contribution in [0.3, 0.4) is 0 Å². The molecule has 0 aliphatic carbocycles. The molecule has 0 atom stereocenters. The molecule has 0 fully saturated rings. The topological polar surface area (TPSA) is 71.0 Å². The van der Waals surface area contributed by atoms with E-state index in [-0.39, 0.29) is 40.7 Å². The molecular formula is C26H22BrN3O2. The lowest BCUT2D eigenvalue weighted by molar-refractivity contribution is 0.0973. The molecule has 0 unspecified atom stereocenters. The van der Waals surface area contributed by atoms with Crippen molar-refractivity contribution in [2.24, 2.45) is 0 Å². The fourth-order valence-electron chi connectivity index (χ4n) is 4.14. The van der Waals surface area contributed by atoms with Crippen LogP contribution in [-0.2, 0) is 13.1 Å². The van der Waals surface area contributed by atoms with Crippen LogP contribution in [0.4, 0.5) is 0 Å². The predicted molar refractivity (Wildman–Crippen MR) is 132 cm³/mol. The second kappa shape index (κ2) is 8.85. The molecule has 5 nitrogen and oxygen atoms in total. The molecule has 0 bridgehead atoms. The largest absolute Gasteiger partial charge is 0.507 e. The number of aromatic hydroxyl groups is 1. The van der Waals surface area contributed by atoms with Crippen molar-refractivity contribution < 1.29 is 9.90 Å². The van der Waals surface area contributed by atoms with Gasteiger partial charge in [0.25, 0.3) is 0 Å². The average molecular weight is 488 g/mol. The quantitative estimate of drug-likeness (QED) is 0.330. The summed E-state index contributed by atoms with van der Waals surface area (Å²) < 4.78 is 3.68. The van der Waals surface area contributed by atoms with Crippen molar-refractivity contribution in [2.75, 3.05) is 0 Å². The third-order valence-electron chi connectivity index (χ3n) is 5.66. The Bertz CT molecular complexity index is 1490. The van der Waals surface area contributed by atoms with Crippen LogP contribution < -0.4 is 5.62 Å². The van der Waals surface area contributed by atoms with Gasteiger partial charge in [0, 0.05) is 10.9 Å². The van der Waals surface area contributed by atoms with Gasteiger partial charge in [-0.3, -0.25) is 10.2 Å². The number of para-hydroxylation sites is 2. The van der Waals surface area contributed by atoms with Crippen LogP contribution in [0.1, 0.15) is 15.9 Å². The maximum atomic E-state index is 13.3. The Labute approximate surface area is 195 Å². The summed E-state index contributed by atoms with van der Waals surface area (Å²) in [6, 6.07) is 28.3. The van der Waals surface area contributed by atoms with Gasteiger partial charge in [-0.15, -0.1) is 17.0 Å². The van der Waals surface area contributed by atoms with Crippen LogP contribution >= 0.6 is 17.0 Å². The van der Waals surface area contributed by atoms with E-state index < -0.39 is 0 Å². The molecule has 1 heterocycles. The van der Waals surface area contributed by atoms with E-state index in [0.717, 1.165) is 16.6 Å². The molecule has 32 heavy (non-hydrogen) atoms. The molecule has 4 aromatic carbocycles. The number of carbonyl (C=O) groups is 1. The first-order valence-corrected chi connectivity index (χ1v) is 10.1. The van der Waals surface area contributed by atoms with E-state index in [0.29, 0.717) is 22.9 Å². The van der Waals surface area contributed by atoms with Crippen molar-refractivity contribution in [1.29, 1.82) is 5.41 Å². The van der Waals surface area contributed by atoms with Gasteiger partial charge in [-0.2, -0.15) is 0 Å². The molecule has 0 spiro atoms. The molecule has 0 saturated heterocycles. The highest BCUT2D eigenvalue weighted by atomic mass is 79.9. The summed E-state index contributed by atoms with van der Waals surface area (Å²) in [4.78, 5) is 13.3. The van der Waals surface area contributed by atoms with Gasteiger partial charge in [0.1, 0.15) is 5.75 Å². The lowest BCUT2D eigenvalue weighted by Gasteiger charge is -2.09. The number of imidazole rings is 1. The van der Waals surface area contributed by atoms with Crippen molar-refractivity contribution in [3.8, 4) is 5.75 Å². The number of rotatable bonds is 5. The molecule has 160 valence electrons. The number of nitrogens with one attached hydrogen (secondary N) is 1. The lowest BCUT2D eigenvalue weighted by Crippen LogP contribution is -2.27. The van der Waals surface area contributed by atoms with E-state index in [9.17, 15) is 9.90 Å². The molecule has 0 aliphatic heterocycles. The monoisotopic (exact) mass is 487 g/mol. The summed E-state index contributed by atoms with van der Waals surface area (Å²) in [5.41, 5.74) is 3.68. The molecule has 5 rings (SSSR count). The van der Waals surface area contributed by atoms with Crippen LogP contribution in [0, 0.1) is 5.41 Å². The lowest BCUT2D eigenvalue weighted by atomic mass is 10.0. The number of ketones is 1. The van der Waals surface area contributed by atoms with Crippen LogP contribution in [0.15, 0.2) is 91.0 Å². The Morgan fingerprint density at radius 3 is 2.06 bits per heavy atom. The second-order valence-electron chi connectivity index (χ2n) is 7.57. The van der Waals surface area contributed by atoms with Gasteiger partial charge in [0.2, 0.25) is 5.62 Å². The smallest absolute Gasteiger partial charge is 0.203 e. The summed E-state index contributed by atoms with van der Waals surface area (Å²) in [5.74, 6) is 0.0535. The molecule has 2 N–H and O–H groups in total. The van der Waals surface area contributed by atoms with Crippen LogP contribution in [0.2, 0.25) is 0 Å². The zero-order valence-electron chi connectivity index (χ0n) is 17.2. The fraction of sp³-hybridized carbons (Fsp3) is 0.0769. The van der Waals surface area contributed by atoms with Crippen molar-refractivity contribution in [2.45, 2.75) is 13.1 Å². The van der Waals surface area contributed by atoms with Crippen LogP contribution in [-0.4, -0.2) is 20.0 Å². The number of aromatic nitrogens is 2. The Balaban J connectivity index is 0.00000245. The Hall–Kier alpha value is -3.64. The average Bonchev–Trinajstić information content (AvgIpc) is 3.06. The Morgan fingerprint density at radius 2 is 1.34 bits per heavy atom. The molecule has 6 heteroatoms. The highest BCUT2D eigenvalue weighted by Crippen LogP contribution is 2.28. The minimum absolute atomic E-state index is 0. The maximum absolute atomic E-state index is 13.3. The number of Topliss-reactive ketones (excluding diaryl/α,β-unsaturated/α-hetero) is 1. The van der Waals surface area contributed by atoms with Gasteiger partial charge in [0.15, 0.2) is 5.78 Å². The molecule has 5 aromatic rings. The van der Waals surface area contributed by atoms with Crippen molar-refractivity contribution >= 4 is 44.6 Å². The van der Waals surface area contributed by atoms with E-state index in [1.54, 1.807) is 22.8 Å². The Morgan fingerprint density at radius 1 is 0.750 bits per heavy atom. The molecular weight excluding hydrogens is 466 g/mol. The normalized spacial score (nSPS) is 10.9. The van der Waals surface area contributed by atoms with E-state index in [1.807, 2.05) is 77.4 Å². The van der Waals surface area contributed by atoms with Crippen molar-refractivity contribution in [3.63, 3.8) is 0 Å². The van der Waals surface area contributed by atoms with E-state index in [2.05, 4.69) is 0 Å². The van der Waals surface area contributed by atoms with Gasteiger partial charge in [-0.05, 0) is 35.2 Å². The molecule has 0 radical (unpaired) electrons. The summed E-state index contributed by atoms with van der Waals surface area (Å²) >= 11 is 0. The maximum Gasteiger partial charge on any atom is 0.203 e. The van der Waals surface area contributed by atoms with E-state index >= 15 is 0 Å². The summed E-state index contributed by atoms with van der Waals surface area (Å²) in [5, 5.41) is 20.3. The van der Waals surface area contributed by atoms with Crippen LogP contribution in [0.25, 0.3) is 21.8 Å². The van der Waals surface area contributed by atoms with Gasteiger partial charge >= 0.3 is 0 Å². The number of phenols is 1. The van der Waals surface area contributed by atoms with Gasteiger partial charge in [-0.1, -0.05) is 66.7 Å². The zero-order valence-corrected chi connectivity index (χ0v) is 18.9. The van der Waals surface area contributed by atoms with Gasteiger partial charge < -0.3 is 14.2 Å². The Kier molecular flexibility index (Phi) is 5.97. The van der Waals surface area contributed by atoms with Crippen molar-refractivity contribution in [1.82, 2.24) is 9.13 Å². The highest BCUT2D eigenvalue weighted by Gasteiger charge is 2.17. The molecule has 0 aliphatic rings. The predicted octanol–water partition coefficient (Wildman–Crippen LogP) is 5.29. The number of fused-ring (bicyclic) bond motifs is 2. The number of phenolic OH excluding ortho intramolecular Hbond substituents is 1. The number of nitrogens with zero attached hydrogens (tertiary/aromatic N) is 2. The van der Waals surface area contributed by atoms with Crippen LogP contribution in [0.5, 0.6) is 5.75 Å². The second-order valence-corrected chi connectivity index (χ2v) is 7.57. The first-order chi connectivity index (χ1) is 15.1. The fourth-order valence-corrected chi connectivity index (χ4v) is 4.14. The zero-order chi connectivity index (χ0) is 21.4. The molecule has 1 aromatic heterocycles. The summed E-state index contributed by atoms with van der Waals surface area (Å²) in [6.45, 7) is 0.611. The first-order valence-electron chi connectivity index (χ1n) is 10.1. The number of halogens is 1. The SMILES string of the molecule is Br.N=c1n(CC(=O)c2ccc(O)c3ccccc23)c2ccccc2n1Cc1ccccc1. The summed E-state index contributed by atoms with van der Waals surface area (Å²) in [7, 11) is 0. The van der Waals surface area contributed by atoms with Gasteiger partial charge in [0.05, 0.1) is 24.1 Å². The highest BCUT2D eigenvalue weighted by molar-refractivity contribution is 8.93. The number of hydrogen-bond acceptors (Lipinski definition) is 3. The van der Waals surface area contributed by atoms with E-state index in [1.165, 1.54) is 0 Å². The third kappa shape index (κ3) is 3.74. The molecule has 0 saturated carbocycles. The number of carbonyl (C=O) groups excluding carboxylic acids is 1. The van der Waals surface area contributed by atoms with E-state index in [4.69, 9.17) is 5.41 Å².